The molecule has 3 heterocycles. The number of primary amides is 1. The third-order valence-electron chi connectivity index (χ3n) is 7.83. The topological polar surface area (TPSA) is 163 Å². The molecule has 1 saturated heterocycles. The summed E-state index contributed by atoms with van der Waals surface area (Å²) in [5.41, 5.74) is 9.26. The molecule has 5 rings (SSSR count). The number of hydrogen-bond donors (Lipinski definition) is 5. The number of rotatable bonds is 6. The zero-order chi connectivity index (χ0) is 27.0. The zero-order valence-corrected chi connectivity index (χ0v) is 21.5. The largest absolute Gasteiger partial charge is 0.465 e. The number of allylic oxidation sites excluding steroid dienone is 1. The molecule has 1 aromatic heterocycles. The molecule has 38 heavy (non-hydrogen) atoms. The molecule has 2 aliphatic heterocycles. The van der Waals surface area contributed by atoms with Crippen molar-refractivity contribution in [1.29, 1.82) is 0 Å². The normalized spacial score (nSPS) is 20.0. The van der Waals surface area contributed by atoms with Crippen LogP contribution in [0.2, 0.25) is 0 Å². The molecule has 3 aliphatic rings. The molecule has 11 nitrogen and oxygen atoms in total. The number of piperidine rings is 1. The first kappa shape index (κ1) is 25.5. The quantitative estimate of drug-likeness (QED) is 0.385. The van der Waals surface area contributed by atoms with Crippen molar-refractivity contribution in [3.05, 3.63) is 41.6 Å². The van der Waals surface area contributed by atoms with Crippen molar-refractivity contribution in [1.82, 2.24) is 15.3 Å². The third kappa shape index (κ3) is 4.64. The van der Waals surface area contributed by atoms with Gasteiger partial charge in [-0.25, -0.2) is 9.78 Å². The summed E-state index contributed by atoms with van der Waals surface area (Å²) < 4.78 is 0. The predicted molar refractivity (Wildman–Crippen MR) is 145 cm³/mol. The molecule has 1 aromatic carbocycles. The second-order valence-electron chi connectivity index (χ2n) is 10.5. The lowest BCUT2D eigenvalue weighted by Crippen LogP contribution is -2.48. The fraction of sp³-hybridized carbons (Fsp3) is 0.444. The Morgan fingerprint density at radius 3 is 2.66 bits per heavy atom. The Hall–Kier alpha value is -4.15. The minimum atomic E-state index is -1.07. The molecule has 0 unspecified atom stereocenters. The standard InChI is InChI=1S/C27H33N7O4/c1-15(2)18-11-17(12-20-21(18)32-24(36)27(20)8-4-3-5-9-27)30-23-19(22(28)35)13-29-25(33-23)34-10-6-7-16(14-34)31-26(37)38/h11-13,16,31H,1,3-10,14H2,2H3,(H2,28,35)(H,32,36)(H,37,38)(H,29,30,33)/t16-/m0/s1. The Morgan fingerprint density at radius 1 is 1.21 bits per heavy atom. The molecule has 1 spiro atoms. The number of hydrogen-bond acceptors (Lipinski definition) is 7. The van der Waals surface area contributed by atoms with Crippen molar-refractivity contribution in [2.45, 2.75) is 63.3 Å². The van der Waals surface area contributed by atoms with Crippen LogP contribution in [0.1, 0.15) is 73.4 Å². The number of nitrogens with zero attached hydrogens (tertiary/aromatic N) is 3. The molecule has 1 atom stereocenters. The lowest BCUT2D eigenvalue weighted by molar-refractivity contribution is -0.121. The fourth-order valence-corrected chi connectivity index (χ4v) is 5.96. The van der Waals surface area contributed by atoms with Crippen LogP contribution in [0.25, 0.3) is 5.57 Å². The van der Waals surface area contributed by atoms with Crippen LogP contribution >= 0.6 is 0 Å². The highest BCUT2D eigenvalue weighted by Crippen LogP contribution is 2.50. The summed E-state index contributed by atoms with van der Waals surface area (Å²) >= 11 is 0. The summed E-state index contributed by atoms with van der Waals surface area (Å²) in [5.74, 6) is -0.0247. The summed E-state index contributed by atoms with van der Waals surface area (Å²) in [7, 11) is 0. The van der Waals surface area contributed by atoms with E-state index in [0.29, 0.717) is 24.7 Å². The van der Waals surface area contributed by atoms with Crippen LogP contribution in [0.5, 0.6) is 0 Å². The first-order valence-electron chi connectivity index (χ1n) is 13.0. The number of carboxylic acid groups (broad SMARTS) is 1. The number of carbonyl (C=O) groups is 3. The molecule has 2 aromatic rings. The molecule has 2 fully saturated rings. The average molecular weight is 520 g/mol. The second-order valence-corrected chi connectivity index (χ2v) is 10.5. The van der Waals surface area contributed by atoms with Crippen molar-refractivity contribution in [2.24, 2.45) is 5.73 Å². The number of nitrogens with two attached hydrogens (primary N) is 1. The van der Waals surface area contributed by atoms with Crippen LogP contribution in [0, 0.1) is 0 Å². The number of anilines is 4. The summed E-state index contributed by atoms with van der Waals surface area (Å²) in [6.45, 7) is 7.09. The molecule has 1 aliphatic carbocycles. The second kappa shape index (κ2) is 9.96. The first-order chi connectivity index (χ1) is 18.2. The summed E-state index contributed by atoms with van der Waals surface area (Å²) in [5, 5.41) is 18.0. The maximum Gasteiger partial charge on any atom is 0.404 e. The van der Waals surface area contributed by atoms with Gasteiger partial charge in [0, 0.05) is 36.6 Å². The molecule has 6 N–H and O–H groups in total. The highest BCUT2D eigenvalue weighted by atomic mass is 16.4. The van der Waals surface area contributed by atoms with E-state index in [1.165, 1.54) is 6.20 Å². The predicted octanol–water partition coefficient (Wildman–Crippen LogP) is 3.74. The Kier molecular flexibility index (Phi) is 6.68. The van der Waals surface area contributed by atoms with E-state index in [1.54, 1.807) is 0 Å². The maximum atomic E-state index is 13.2. The van der Waals surface area contributed by atoms with E-state index < -0.39 is 17.4 Å². The van der Waals surface area contributed by atoms with Gasteiger partial charge < -0.3 is 31.7 Å². The van der Waals surface area contributed by atoms with E-state index in [4.69, 9.17) is 10.8 Å². The van der Waals surface area contributed by atoms with Gasteiger partial charge in [0.15, 0.2) is 0 Å². The highest BCUT2D eigenvalue weighted by Gasteiger charge is 2.48. The van der Waals surface area contributed by atoms with Gasteiger partial charge in [0.1, 0.15) is 11.4 Å². The van der Waals surface area contributed by atoms with Gasteiger partial charge in [0.2, 0.25) is 11.9 Å². The van der Waals surface area contributed by atoms with Crippen LogP contribution in [0.4, 0.5) is 27.9 Å². The van der Waals surface area contributed by atoms with E-state index >= 15 is 0 Å². The van der Waals surface area contributed by atoms with Crippen molar-refractivity contribution in [2.75, 3.05) is 28.6 Å². The van der Waals surface area contributed by atoms with Gasteiger partial charge in [-0.1, -0.05) is 25.8 Å². The SMILES string of the molecule is C=C(C)c1cc(Nc2nc(N3CCC[C@H](NC(=O)O)C3)ncc2C(N)=O)cc2c1NC(=O)C21CCCCC1. The average Bonchev–Trinajstić information content (AvgIpc) is 3.14. The maximum absolute atomic E-state index is 13.2. The molecule has 200 valence electrons. The summed E-state index contributed by atoms with van der Waals surface area (Å²) in [6, 6.07) is 3.61. The number of nitrogens with one attached hydrogen (secondary N) is 3. The number of carbonyl (C=O) groups excluding carboxylic acids is 2. The summed E-state index contributed by atoms with van der Waals surface area (Å²) in [6.07, 6.45) is 6.47. The van der Waals surface area contributed by atoms with E-state index in [1.807, 2.05) is 24.0 Å². The van der Waals surface area contributed by atoms with Crippen LogP contribution < -0.4 is 26.6 Å². The zero-order valence-electron chi connectivity index (χ0n) is 21.5. The van der Waals surface area contributed by atoms with Crippen LogP contribution in [-0.4, -0.2) is 52.1 Å². The molecule has 0 bridgehead atoms. The highest BCUT2D eigenvalue weighted by molar-refractivity contribution is 6.09. The Bertz CT molecular complexity index is 1320. The number of aromatic nitrogens is 2. The Labute approximate surface area is 220 Å². The molecule has 3 amide bonds. The van der Waals surface area contributed by atoms with Crippen LogP contribution in [0.3, 0.4) is 0 Å². The molecular weight excluding hydrogens is 486 g/mol. The molecular formula is C27H33N7O4. The number of benzene rings is 1. The van der Waals surface area contributed by atoms with Crippen LogP contribution in [0.15, 0.2) is 24.9 Å². The lowest BCUT2D eigenvalue weighted by atomic mass is 9.70. The van der Waals surface area contributed by atoms with E-state index in [9.17, 15) is 14.4 Å². The third-order valence-corrected chi connectivity index (χ3v) is 7.83. The summed E-state index contributed by atoms with van der Waals surface area (Å²) in [4.78, 5) is 47.5. The van der Waals surface area contributed by atoms with Gasteiger partial charge in [-0.05, 0) is 55.9 Å². The smallest absolute Gasteiger partial charge is 0.404 e. The van der Waals surface area contributed by atoms with Crippen molar-refractivity contribution in [3.8, 4) is 0 Å². The number of fused-ring (bicyclic) bond motifs is 2. The van der Waals surface area contributed by atoms with E-state index in [-0.39, 0.29) is 23.3 Å². The monoisotopic (exact) mass is 519 g/mol. The first-order valence-corrected chi connectivity index (χ1v) is 13.0. The van der Waals surface area contributed by atoms with Crippen molar-refractivity contribution in [3.63, 3.8) is 0 Å². The molecule has 11 heteroatoms. The minimum absolute atomic E-state index is 0.0311. The molecule has 1 saturated carbocycles. The van der Waals surface area contributed by atoms with Gasteiger partial charge in [0.05, 0.1) is 11.1 Å². The van der Waals surface area contributed by atoms with Gasteiger partial charge in [-0.2, -0.15) is 4.98 Å². The minimum Gasteiger partial charge on any atom is -0.465 e. The van der Waals surface area contributed by atoms with Gasteiger partial charge in [0.25, 0.3) is 5.91 Å². The van der Waals surface area contributed by atoms with E-state index in [0.717, 1.165) is 67.3 Å². The number of amides is 3. The van der Waals surface area contributed by atoms with Crippen molar-refractivity contribution < 1.29 is 19.5 Å². The van der Waals surface area contributed by atoms with Gasteiger partial charge in [-0.15, -0.1) is 0 Å². The fourth-order valence-electron chi connectivity index (χ4n) is 5.96. The van der Waals surface area contributed by atoms with E-state index in [2.05, 4.69) is 32.5 Å². The van der Waals surface area contributed by atoms with Crippen LogP contribution in [-0.2, 0) is 10.2 Å². The van der Waals surface area contributed by atoms with Gasteiger partial charge >= 0.3 is 6.09 Å². The molecule has 0 radical (unpaired) electrons. The van der Waals surface area contributed by atoms with Gasteiger partial charge in [-0.3, -0.25) is 9.59 Å². The van der Waals surface area contributed by atoms with Crippen molar-refractivity contribution >= 4 is 46.6 Å². The lowest BCUT2D eigenvalue weighted by Gasteiger charge is -2.33. The Morgan fingerprint density at radius 2 is 1.97 bits per heavy atom. The Balaban J connectivity index is 1.52.